The number of rotatable bonds is 4. The molecule has 2 rings (SSSR count). The molecule has 0 saturated heterocycles. The summed E-state index contributed by atoms with van der Waals surface area (Å²) in [5.74, 6) is 0.502. The molecule has 0 atom stereocenters. The van der Waals surface area contributed by atoms with E-state index < -0.39 is 9.84 Å². The van der Waals surface area contributed by atoms with Crippen LogP contribution >= 0.6 is 15.9 Å². The van der Waals surface area contributed by atoms with Crippen molar-refractivity contribution in [2.24, 2.45) is 0 Å². The first-order valence-electron chi connectivity index (χ1n) is 6.25. The average molecular weight is 370 g/mol. The molecular weight excluding hydrogens is 354 g/mol. The third-order valence-corrected chi connectivity index (χ3v) is 5.84. The maximum absolute atomic E-state index is 12.6. The molecule has 0 unspecified atom stereocenters. The predicted molar refractivity (Wildman–Crippen MR) is 87.2 cm³/mol. The van der Waals surface area contributed by atoms with Crippen molar-refractivity contribution >= 4 is 31.5 Å². The molecule has 0 spiro atoms. The van der Waals surface area contributed by atoms with Crippen LogP contribution in [-0.2, 0) is 15.6 Å². The van der Waals surface area contributed by atoms with Crippen LogP contribution in [0.15, 0.2) is 45.8 Å². The highest BCUT2D eigenvalue weighted by Gasteiger charge is 2.20. The Morgan fingerprint density at radius 3 is 2.62 bits per heavy atom. The lowest BCUT2D eigenvalue weighted by molar-refractivity contribution is 0.414. The van der Waals surface area contributed by atoms with Gasteiger partial charge in [-0.1, -0.05) is 22.0 Å². The quantitative estimate of drug-likeness (QED) is 0.839. The molecule has 2 aromatic carbocycles. The molecule has 0 fully saturated rings. The maximum Gasteiger partial charge on any atom is 0.182 e. The molecule has 6 heteroatoms. The molecule has 0 bridgehead atoms. The van der Waals surface area contributed by atoms with Gasteiger partial charge < -0.3 is 10.5 Å². The third-order valence-electron chi connectivity index (χ3n) is 3.26. The molecule has 0 saturated carbocycles. The molecule has 0 aliphatic carbocycles. The fourth-order valence-electron chi connectivity index (χ4n) is 2.04. The molecule has 2 N–H and O–H groups in total. The lowest BCUT2D eigenvalue weighted by atomic mass is 10.2. The van der Waals surface area contributed by atoms with Crippen LogP contribution in [0.25, 0.3) is 0 Å². The summed E-state index contributed by atoms with van der Waals surface area (Å²) < 4.78 is 31.1. The topological polar surface area (TPSA) is 69.4 Å². The molecule has 2 aromatic rings. The number of anilines is 1. The van der Waals surface area contributed by atoms with Gasteiger partial charge in [0.2, 0.25) is 0 Å². The van der Waals surface area contributed by atoms with Gasteiger partial charge in [0.15, 0.2) is 9.84 Å². The molecule has 0 aliphatic heterocycles. The lowest BCUT2D eigenvalue weighted by Gasteiger charge is -2.11. The van der Waals surface area contributed by atoms with Crippen molar-refractivity contribution in [2.45, 2.75) is 17.6 Å². The lowest BCUT2D eigenvalue weighted by Crippen LogP contribution is -2.08. The SMILES string of the molecule is COc1ccc(Br)c(CS(=O)(=O)c2cccc(N)c2C)c1. The number of benzene rings is 2. The number of nitrogen functional groups attached to an aromatic ring is 1. The number of methoxy groups -OCH3 is 1. The molecule has 0 amide bonds. The van der Waals surface area contributed by atoms with E-state index in [1.165, 1.54) is 0 Å². The number of sulfone groups is 1. The van der Waals surface area contributed by atoms with E-state index in [0.29, 0.717) is 22.6 Å². The minimum Gasteiger partial charge on any atom is -0.497 e. The smallest absolute Gasteiger partial charge is 0.182 e. The van der Waals surface area contributed by atoms with Crippen molar-refractivity contribution in [3.63, 3.8) is 0 Å². The van der Waals surface area contributed by atoms with E-state index in [2.05, 4.69) is 15.9 Å². The van der Waals surface area contributed by atoms with Crippen LogP contribution in [0.5, 0.6) is 5.75 Å². The number of hydrogen-bond acceptors (Lipinski definition) is 4. The fourth-order valence-corrected chi connectivity index (χ4v) is 4.29. The Labute approximate surface area is 133 Å². The van der Waals surface area contributed by atoms with Gasteiger partial charge in [-0.05, 0) is 48.4 Å². The van der Waals surface area contributed by atoms with Crippen LogP contribution in [0.4, 0.5) is 5.69 Å². The van der Waals surface area contributed by atoms with Gasteiger partial charge in [-0.2, -0.15) is 0 Å². The van der Waals surface area contributed by atoms with E-state index >= 15 is 0 Å². The summed E-state index contributed by atoms with van der Waals surface area (Å²) in [5, 5.41) is 0. The Morgan fingerprint density at radius 2 is 1.95 bits per heavy atom. The van der Waals surface area contributed by atoms with Gasteiger partial charge in [0, 0.05) is 10.2 Å². The van der Waals surface area contributed by atoms with Gasteiger partial charge in [0.1, 0.15) is 5.75 Å². The summed E-state index contributed by atoms with van der Waals surface area (Å²) in [5.41, 5.74) is 7.49. The standard InChI is InChI=1S/C15H16BrNO3S/c1-10-14(17)4-3-5-15(10)21(18,19)9-11-8-12(20-2)6-7-13(11)16/h3-8H,9,17H2,1-2H3. The summed E-state index contributed by atoms with van der Waals surface area (Å²) in [6.45, 7) is 1.71. The van der Waals surface area contributed by atoms with Crippen molar-refractivity contribution < 1.29 is 13.2 Å². The van der Waals surface area contributed by atoms with Gasteiger partial charge in [0.05, 0.1) is 17.8 Å². The van der Waals surface area contributed by atoms with Crippen LogP contribution in [0, 0.1) is 6.92 Å². The van der Waals surface area contributed by atoms with Crippen molar-refractivity contribution in [1.82, 2.24) is 0 Å². The summed E-state index contributed by atoms with van der Waals surface area (Å²) in [6.07, 6.45) is 0. The van der Waals surface area contributed by atoms with Gasteiger partial charge in [-0.15, -0.1) is 0 Å². The second kappa shape index (κ2) is 6.07. The second-order valence-electron chi connectivity index (χ2n) is 4.69. The van der Waals surface area contributed by atoms with Gasteiger partial charge in [0.25, 0.3) is 0 Å². The van der Waals surface area contributed by atoms with Crippen molar-refractivity contribution in [3.8, 4) is 5.75 Å². The zero-order valence-corrected chi connectivity index (χ0v) is 14.2. The zero-order chi connectivity index (χ0) is 15.6. The van der Waals surface area contributed by atoms with Crippen molar-refractivity contribution in [3.05, 3.63) is 52.0 Å². The molecule has 4 nitrogen and oxygen atoms in total. The molecule has 0 aliphatic rings. The average Bonchev–Trinajstić information content (AvgIpc) is 2.44. The van der Waals surface area contributed by atoms with E-state index in [9.17, 15) is 8.42 Å². The molecular formula is C15H16BrNO3S. The Balaban J connectivity index is 2.45. The van der Waals surface area contributed by atoms with Crippen molar-refractivity contribution in [2.75, 3.05) is 12.8 Å². The van der Waals surface area contributed by atoms with Crippen LogP contribution in [0.1, 0.15) is 11.1 Å². The number of halogens is 1. The second-order valence-corrected chi connectivity index (χ2v) is 7.50. The van der Waals surface area contributed by atoms with Gasteiger partial charge >= 0.3 is 0 Å². The first-order chi connectivity index (χ1) is 9.85. The van der Waals surface area contributed by atoms with E-state index in [4.69, 9.17) is 10.5 Å². The Morgan fingerprint density at radius 1 is 1.24 bits per heavy atom. The summed E-state index contributed by atoms with van der Waals surface area (Å²) in [6, 6.07) is 10.2. The van der Waals surface area contributed by atoms with E-state index in [1.54, 1.807) is 50.4 Å². The Bertz CT molecular complexity index is 772. The molecule has 0 heterocycles. The zero-order valence-electron chi connectivity index (χ0n) is 11.8. The first kappa shape index (κ1) is 15.9. The maximum atomic E-state index is 12.6. The first-order valence-corrected chi connectivity index (χ1v) is 8.70. The summed E-state index contributed by atoms with van der Waals surface area (Å²) in [7, 11) is -1.93. The fraction of sp³-hybridized carbons (Fsp3) is 0.200. The largest absolute Gasteiger partial charge is 0.497 e. The van der Waals surface area contributed by atoms with Gasteiger partial charge in [-0.3, -0.25) is 0 Å². The minimum absolute atomic E-state index is 0.116. The van der Waals surface area contributed by atoms with Crippen LogP contribution in [0.3, 0.4) is 0 Å². The number of nitrogens with two attached hydrogens (primary N) is 1. The van der Waals surface area contributed by atoms with E-state index in [-0.39, 0.29) is 10.6 Å². The third kappa shape index (κ3) is 3.39. The van der Waals surface area contributed by atoms with Gasteiger partial charge in [-0.25, -0.2) is 8.42 Å². The predicted octanol–water partition coefficient (Wildman–Crippen LogP) is 3.32. The normalized spacial score (nSPS) is 11.4. The van der Waals surface area contributed by atoms with Crippen LogP contribution in [-0.4, -0.2) is 15.5 Å². The highest BCUT2D eigenvalue weighted by atomic mass is 79.9. The Kier molecular flexibility index (Phi) is 4.58. The molecule has 112 valence electrons. The molecule has 21 heavy (non-hydrogen) atoms. The monoisotopic (exact) mass is 369 g/mol. The molecule has 0 radical (unpaired) electrons. The number of ether oxygens (including phenoxy) is 1. The highest BCUT2D eigenvalue weighted by Crippen LogP contribution is 2.28. The van der Waals surface area contributed by atoms with E-state index in [1.807, 2.05) is 0 Å². The van der Waals surface area contributed by atoms with Crippen LogP contribution in [0.2, 0.25) is 0 Å². The summed E-state index contributed by atoms with van der Waals surface area (Å²) in [4.78, 5) is 0.261. The highest BCUT2D eigenvalue weighted by molar-refractivity contribution is 9.10. The Hall–Kier alpha value is -1.53. The molecule has 0 aromatic heterocycles. The number of hydrogen-bond donors (Lipinski definition) is 1. The van der Waals surface area contributed by atoms with Crippen molar-refractivity contribution in [1.29, 1.82) is 0 Å². The summed E-state index contributed by atoms with van der Waals surface area (Å²) >= 11 is 3.37. The van der Waals surface area contributed by atoms with Crippen LogP contribution < -0.4 is 10.5 Å². The van der Waals surface area contributed by atoms with E-state index in [0.717, 1.165) is 4.47 Å². The minimum atomic E-state index is -3.48.